The van der Waals surface area contributed by atoms with Gasteiger partial charge in [0.2, 0.25) is 0 Å². The summed E-state index contributed by atoms with van der Waals surface area (Å²) >= 11 is 3.90. The third-order valence-corrected chi connectivity index (χ3v) is 5.30. The van der Waals surface area contributed by atoms with Crippen LogP contribution in [0.15, 0.2) is 42.6 Å². The van der Waals surface area contributed by atoms with Gasteiger partial charge in [-0.25, -0.2) is 4.57 Å². The molecular weight excluding hydrogens is 368 g/mol. The Kier molecular flexibility index (Phi) is 7.54. The number of esters is 1. The Morgan fingerprint density at radius 1 is 1.14 bits per heavy atom. The quantitative estimate of drug-likeness (QED) is 0.317. The zero-order valence-electron chi connectivity index (χ0n) is 16.5. The van der Waals surface area contributed by atoms with Gasteiger partial charge in [0.05, 0.1) is 12.4 Å². The van der Waals surface area contributed by atoms with E-state index in [1.54, 1.807) is 0 Å². The van der Waals surface area contributed by atoms with E-state index in [1.807, 2.05) is 0 Å². The second-order valence-corrected chi connectivity index (χ2v) is 7.46. The molecule has 28 heavy (non-hydrogen) atoms. The first-order valence-electron chi connectivity index (χ1n) is 9.95. The number of rotatable bonds is 8. The predicted octanol–water partition coefficient (Wildman–Crippen LogP) is 3.92. The number of nitrogens with zero attached hydrogens (tertiary/aromatic N) is 2. The van der Waals surface area contributed by atoms with Crippen LogP contribution in [0, 0.1) is 6.92 Å². The maximum Gasteiger partial charge on any atom is 0.315 e. The lowest BCUT2D eigenvalue weighted by atomic mass is 10.1. The highest BCUT2D eigenvalue weighted by Crippen LogP contribution is 2.21. The average Bonchev–Trinajstić information content (AvgIpc) is 3.26. The number of hydrogen-bond acceptors (Lipinski definition) is 4. The molecule has 5 heteroatoms. The Hall–Kier alpha value is -2.27. The van der Waals surface area contributed by atoms with Gasteiger partial charge in [-0.05, 0) is 36.1 Å². The highest BCUT2D eigenvalue weighted by molar-refractivity contribution is 7.81. The normalized spacial score (nSPS) is 14.0. The number of aromatic nitrogens is 1. The van der Waals surface area contributed by atoms with Crippen molar-refractivity contribution < 1.29 is 14.1 Å². The molecule has 0 saturated carbocycles. The topological polar surface area (TPSA) is 33.4 Å². The average molecular weight is 398 g/mol. The van der Waals surface area contributed by atoms with Crippen molar-refractivity contribution in [3.63, 3.8) is 0 Å². The highest BCUT2D eigenvalue weighted by atomic mass is 32.1. The zero-order chi connectivity index (χ0) is 19.8. The van der Waals surface area contributed by atoms with E-state index in [2.05, 4.69) is 83.8 Å². The van der Waals surface area contributed by atoms with Gasteiger partial charge in [-0.3, -0.25) is 4.79 Å². The summed E-state index contributed by atoms with van der Waals surface area (Å²) in [5, 5.41) is 0. The number of hydrogen-bond donors (Lipinski definition) is 1. The number of ether oxygens (including phenoxy) is 1. The lowest BCUT2D eigenvalue weighted by Crippen LogP contribution is -2.37. The molecule has 148 valence electrons. The third-order valence-electron chi connectivity index (χ3n) is 5.04. The first-order valence-corrected chi connectivity index (χ1v) is 10.6. The fraction of sp³-hybridized carbons (Fsp3) is 0.391. The summed E-state index contributed by atoms with van der Waals surface area (Å²) in [5.41, 5.74) is 4.90. The van der Waals surface area contributed by atoms with Gasteiger partial charge in [-0.1, -0.05) is 24.3 Å². The van der Waals surface area contributed by atoms with Gasteiger partial charge in [-0.2, -0.15) is 12.6 Å². The molecule has 0 bridgehead atoms. The minimum atomic E-state index is -0.265. The first-order chi connectivity index (χ1) is 13.7. The third kappa shape index (κ3) is 5.86. The maximum atomic E-state index is 11.1. The molecule has 0 spiro atoms. The molecule has 1 aliphatic heterocycles. The van der Waals surface area contributed by atoms with Crippen molar-refractivity contribution in [1.82, 2.24) is 0 Å². The molecular formula is C23H29N2O2S+. The number of benzene rings is 1. The van der Waals surface area contributed by atoms with Crippen molar-refractivity contribution in [2.75, 3.05) is 30.3 Å². The molecule has 4 nitrogen and oxygen atoms in total. The smallest absolute Gasteiger partial charge is 0.315 e. The molecule has 2 heterocycles. The molecule has 0 unspecified atom stereocenters. The van der Waals surface area contributed by atoms with Gasteiger partial charge in [0.15, 0.2) is 18.4 Å². The van der Waals surface area contributed by atoms with E-state index < -0.39 is 0 Å². The second-order valence-electron chi connectivity index (χ2n) is 7.15. The molecule has 1 aromatic carbocycles. The van der Waals surface area contributed by atoms with Crippen molar-refractivity contribution in [3.8, 4) is 0 Å². The number of thiol groups is 1. The van der Waals surface area contributed by atoms with Crippen LogP contribution < -0.4 is 9.47 Å². The number of pyridine rings is 1. The summed E-state index contributed by atoms with van der Waals surface area (Å²) in [6.45, 7) is 5.71. The molecule has 0 radical (unpaired) electrons. The molecule has 1 aromatic heterocycles. The van der Waals surface area contributed by atoms with Gasteiger partial charge in [0, 0.05) is 44.3 Å². The standard InChI is InChI=1S/C23H28N2O2S/c1-19-17-21(11-15-24(19)14-4-16-27-23(26)18-28)6-5-20-7-9-22(10-8-20)25-12-2-3-13-25/h5-11,15,17H,2-4,12-14,16,18H2,1H3/p+1. The Bertz CT molecular complexity index is 812. The Labute approximate surface area is 173 Å². The van der Waals surface area contributed by atoms with Crippen LogP contribution in [-0.2, 0) is 16.1 Å². The zero-order valence-corrected chi connectivity index (χ0v) is 17.4. The highest BCUT2D eigenvalue weighted by Gasteiger charge is 2.11. The van der Waals surface area contributed by atoms with Gasteiger partial charge in [-0.15, -0.1) is 0 Å². The predicted molar refractivity (Wildman–Crippen MR) is 118 cm³/mol. The summed E-state index contributed by atoms with van der Waals surface area (Å²) in [6, 6.07) is 13.1. The van der Waals surface area contributed by atoms with Crippen LogP contribution in [0.3, 0.4) is 0 Å². The molecule has 1 saturated heterocycles. The molecule has 3 rings (SSSR count). The minimum absolute atomic E-state index is 0.133. The lowest BCUT2D eigenvalue weighted by molar-refractivity contribution is -0.703. The van der Waals surface area contributed by atoms with Crippen LogP contribution in [-0.4, -0.2) is 31.4 Å². The van der Waals surface area contributed by atoms with Crippen molar-refractivity contribution >= 4 is 36.4 Å². The van der Waals surface area contributed by atoms with Gasteiger partial charge < -0.3 is 9.64 Å². The molecule has 2 aromatic rings. The summed E-state index contributed by atoms with van der Waals surface area (Å²) in [6.07, 6.45) is 9.79. The summed E-state index contributed by atoms with van der Waals surface area (Å²) < 4.78 is 7.24. The minimum Gasteiger partial charge on any atom is -0.465 e. The van der Waals surface area contributed by atoms with Gasteiger partial charge in [0.1, 0.15) is 0 Å². The van der Waals surface area contributed by atoms with E-state index in [-0.39, 0.29) is 11.7 Å². The maximum absolute atomic E-state index is 11.1. The van der Waals surface area contributed by atoms with Crippen molar-refractivity contribution in [2.24, 2.45) is 0 Å². The number of aryl methyl sites for hydroxylation is 2. The van der Waals surface area contributed by atoms with Crippen LogP contribution in [0.1, 0.15) is 36.1 Å². The molecule has 0 atom stereocenters. The number of carbonyl (C=O) groups is 1. The fourth-order valence-electron chi connectivity index (χ4n) is 3.45. The van der Waals surface area contributed by atoms with Crippen LogP contribution in [0.2, 0.25) is 0 Å². The number of carbonyl (C=O) groups excluding carboxylic acids is 1. The summed E-state index contributed by atoms with van der Waals surface area (Å²) in [7, 11) is 0. The fourth-order valence-corrected chi connectivity index (χ4v) is 3.54. The van der Waals surface area contributed by atoms with Crippen molar-refractivity contribution in [2.45, 2.75) is 32.7 Å². The summed E-state index contributed by atoms with van der Waals surface area (Å²) in [4.78, 5) is 13.5. The lowest BCUT2D eigenvalue weighted by Gasteiger charge is -2.17. The van der Waals surface area contributed by atoms with Crippen molar-refractivity contribution in [1.29, 1.82) is 0 Å². The molecule has 1 aliphatic rings. The monoisotopic (exact) mass is 397 g/mol. The Balaban J connectivity index is 1.54. The van der Waals surface area contributed by atoms with E-state index in [1.165, 1.54) is 48.4 Å². The molecule has 0 aliphatic carbocycles. The van der Waals surface area contributed by atoms with E-state index in [4.69, 9.17) is 4.74 Å². The van der Waals surface area contributed by atoms with Crippen LogP contribution in [0.25, 0.3) is 12.2 Å². The van der Waals surface area contributed by atoms with E-state index in [9.17, 15) is 4.79 Å². The van der Waals surface area contributed by atoms with Crippen molar-refractivity contribution in [3.05, 3.63) is 59.4 Å². The first kappa shape index (κ1) is 20.5. The number of anilines is 1. The van der Waals surface area contributed by atoms with Crippen LogP contribution in [0.5, 0.6) is 0 Å². The van der Waals surface area contributed by atoms with E-state index in [0.717, 1.165) is 13.0 Å². The van der Waals surface area contributed by atoms with Crippen LogP contribution in [0.4, 0.5) is 5.69 Å². The molecule has 1 fully saturated rings. The molecule has 0 amide bonds. The Morgan fingerprint density at radius 3 is 2.54 bits per heavy atom. The van der Waals surface area contributed by atoms with E-state index in [0.29, 0.717) is 6.61 Å². The van der Waals surface area contributed by atoms with Gasteiger partial charge in [0.25, 0.3) is 0 Å². The summed E-state index contributed by atoms with van der Waals surface area (Å²) in [5.74, 6) is -0.132. The van der Waals surface area contributed by atoms with Crippen LogP contribution >= 0.6 is 12.6 Å². The van der Waals surface area contributed by atoms with E-state index >= 15 is 0 Å². The molecule has 0 N–H and O–H groups in total. The second kappa shape index (κ2) is 10.3. The van der Waals surface area contributed by atoms with Gasteiger partial charge >= 0.3 is 5.97 Å². The largest absolute Gasteiger partial charge is 0.465 e. The Morgan fingerprint density at radius 2 is 1.86 bits per heavy atom. The SMILES string of the molecule is Cc1cc(/C=C/c2ccc(N3CCCC3)cc2)cc[n+]1CCCOC(=O)CS.